The number of para-hydroxylation sites is 1. The molecule has 0 saturated carbocycles. The highest BCUT2D eigenvalue weighted by atomic mass is 35.5. The average molecular weight is 554 g/mol. The molecule has 0 amide bonds. The Balaban J connectivity index is 1.28. The van der Waals surface area contributed by atoms with Gasteiger partial charge in [-0.1, -0.05) is 29.8 Å². The molecule has 1 fully saturated rings. The van der Waals surface area contributed by atoms with Crippen LogP contribution in [0.25, 0.3) is 10.9 Å². The molecule has 0 bridgehead atoms. The number of fused-ring (bicyclic) bond motifs is 1. The van der Waals surface area contributed by atoms with E-state index >= 15 is 0 Å². The van der Waals surface area contributed by atoms with Gasteiger partial charge in [-0.3, -0.25) is 24.5 Å². The summed E-state index contributed by atoms with van der Waals surface area (Å²) in [6.07, 6.45) is 4.04. The van der Waals surface area contributed by atoms with Crippen molar-refractivity contribution in [1.82, 2.24) is 19.8 Å². The molecule has 1 saturated heterocycles. The molecule has 11 heteroatoms. The first-order chi connectivity index (χ1) is 18.4. The highest BCUT2D eigenvalue weighted by Crippen LogP contribution is 2.32. The second kappa shape index (κ2) is 11.2. The van der Waals surface area contributed by atoms with Crippen LogP contribution in [0.1, 0.15) is 17.4 Å². The van der Waals surface area contributed by atoms with Gasteiger partial charge < -0.3 is 9.84 Å². The van der Waals surface area contributed by atoms with Gasteiger partial charge in [-0.25, -0.2) is 8.42 Å². The molecule has 1 aliphatic rings. The molecule has 2 aromatic heterocycles. The summed E-state index contributed by atoms with van der Waals surface area (Å²) in [5.74, 6) is 0.389. The first kappa shape index (κ1) is 26.3. The maximum Gasteiger partial charge on any atom is 0.264 e. The number of hydrogen-bond acceptors (Lipinski definition) is 8. The Morgan fingerprint density at radius 2 is 1.87 bits per heavy atom. The van der Waals surface area contributed by atoms with E-state index in [0.717, 1.165) is 30.6 Å². The van der Waals surface area contributed by atoms with Crippen LogP contribution in [-0.2, 0) is 16.6 Å². The number of nitrogens with zero attached hydrogens (tertiary/aromatic N) is 4. The number of halogens is 1. The molecule has 1 aliphatic heterocycles. The Morgan fingerprint density at radius 3 is 2.63 bits per heavy atom. The van der Waals surface area contributed by atoms with Crippen molar-refractivity contribution in [3.05, 3.63) is 89.3 Å². The van der Waals surface area contributed by atoms with Gasteiger partial charge in [0.05, 0.1) is 23.3 Å². The monoisotopic (exact) mass is 553 g/mol. The van der Waals surface area contributed by atoms with Crippen molar-refractivity contribution in [2.45, 2.75) is 17.7 Å². The predicted molar refractivity (Wildman–Crippen MR) is 147 cm³/mol. The number of aliphatic hydroxyl groups is 1. The molecule has 9 nitrogen and oxygen atoms in total. The maximum atomic E-state index is 13.2. The van der Waals surface area contributed by atoms with E-state index in [9.17, 15) is 13.5 Å². The molecule has 5 rings (SSSR count). The van der Waals surface area contributed by atoms with Crippen LogP contribution in [0.3, 0.4) is 0 Å². The van der Waals surface area contributed by atoms with E-state index < -0.39 is 16.3 Å². The van der Waals surface area contributed by atoms with Gasteiger partial charge in [0.2, 0.25) is 0 Å². The van der Waals surface area contributed by atoms with Crippen LogP contribution >= 0.6 is 11.6 Å². The minimum Gasteiger partial charge on any atom is -0.496 e. The van der Waals surface area contributed by atoms with Crippen molar-refractivity contribution in [2.75, 3.05) is 38.0 Å². The number of piperazine rings is 1. The zero-order valence-corrected chi connectivity index (χ0v) is 22.4. The summed E-state index contributed by atoms with van der Waals surface area (Å²) in [7, 11) is -2.42. The Kier molecular flexibility index (Phi) is 7.78. The van der Waals surface area contributed by atoms with Crippen molar-refractivity contribution >= 4 is 38.2 Å². The largest absolute Gasteiger partial charge is 0.496 e. The predicted octanol–water partition coefficient (Wildman–Crippen LogP) is 3.90. The van der Waals surface area contributed by atoms with Crippen molar-refractivity contribution in [1.29, 1.82) is 0 Å². The van der Waals surface area contributed by atoms with Gasteiger partial charge in [-0.05, 0) is 35.9 Å². The molecule has 4 aromatic rings. The number of rotatable bonds is 8. The van der Waals surface area contributed by atoms with Gasteiger partial charge in [-0.15, -0.1) is 0 Å². The van der Waals surface area contributed by atoms with Crippen LogP contribution in [-0.4, -0.2) is 66.6 Å². The molecule has 2 aromatic carbocycles. The van der Waals surface area contributed by atoms with Crippen LogP contribution in [0.4, 0.5) is 5.69 Å². The Labute approximate surface area is 226 Å². The van der Waals surface area contributed by atoms with Crippen LogP contribution in [0.2, 0.25) is 5.02 Å². The summed E-state index contributed by atoms with van der Waals surface area (Å²) >= 11 is 6.25. The summed E-state index contributed by atoms with van der Waals surface area (Å²) in [5, 5.41) is 12.5. The Bertz CT molecular complexity index is 1540. The Hall–Kier alpha value is -3.28. The van der Waals surface area contributed by atoms with Crippen LogP contribution in [0.5, 0.6) is 5.75 Å². The van der Waals surface area contributed by atoms with E-state index in [1.54, 1.807) is 48.9 Å². The second-order valence-corrected chi connectivity index (χ2v) is 11.1. The van der Waals surface area contributed by atoms with Crippen LogP contribution in [0.15, 0.2) is 78.1 Å². The highest BCUT2D eigenvalue weighted by Gasteiger charge is 2.26. The standard InChI is InChI=1S/C27H28ClN5O4S/c1-37-24-16-21(31-38(35,36)25-6-2-4-19-5-3-10-30-26(19)25)7-8-22(24)27(34)33-14-12-32(13-15-33)18-20-9-11-29-17-23(20)28/h2-11,16-17,27,31,34H,12-15,18H2,1H3. The molecule has 0 aliphatic carbocycles. The quantitative estimate of drug-likeness (QED) is 0.338. The minimum absolute atomic E-state index is 0.0876. The molecule has 1 unspecified atom stereocenters. The highest BCUT2D eigenvalue weighted by molar-refractivity contribution is 7.93. The lowest BCUT2D eigenvalue weighted by Gasteiger charge is -2.37. The smallest absolute Gasteiger partial charge is 0.264 e. The van der Waals surface area contributed by atoms with E-state index in [4.69, 9.17) is 16.3 Å². The van der Waals surface area contributed by atoms with E-state index in [1.807, 2.05) is 23.1 Å². The Morgan fingerprint density at radius 1 is 1.08 bits per heavy atom. The lowest BCUT2D eigenvalue weighted by molar-refractivity contribution is -0.0297. The average Bonchev–Trinajstić information content (AvgIpc) is 2.93. The molecule has 38 heavy (non-hydrogen) atoms. The summed E-state index contributed by atoms with van der Waals surface area (Å²) in [5.41, 5.74) is 2.30. The zero-order chi connectivity index (χ0) is 26.7. The third-order valence-corrected chi connectivity index (χ3v) is 8.41. The number of anilines is 1. The number of ether oxygens (including phenoxy) is 1. The first-order valence-electron chi connectivity index (χ1n) is 12.1. The molecule has 3 heterocycles. The molecular weight excluding hydrogens is 526 g/mol. The molecule has 1 atom stereocenters. The SMILES string of the molecule is COc1cc(NS(=O)(=O)c2cccc3cccnc23)ccc1C(O)N1CCN(Cc2ccncc2Cl)CC1. The number of sulfonamides is 1. The minimum atomic E-state index is -3.91. The normalized spacial score (nSPS) is 15.9. The second-order valence-electron chi connectivity index (χ2n) is 9.05. The van der Waals surface area contributed by atoms with Crippen LogP contribution in [0, 0.1) is 0 Å². The third kappa shape index (κ3) is 5.59. The van der Waals surface area contributed by atoms with Gasteiger partial charge in [0.1, 0.15) is 16.9 Å². The van der Waals surface area contributed by atoms with E-state index in [2.05, 4.69) is 19.6 Å². The van der Waals surface area contributed by atoms with E-state index in [-0.39, 0.29) is 4.90 Å². The van der Waals surface area contributed by atoms with Gasteiger partial charge in [0.25, 0.3) is 10.0 Å². The fraction of sp³-hybridized carbons (Fsp3) is 0.259. The number of pyridine rings is 2. The first-order valence-corrected chi connectivity index (χ1v) is 14.0. The number of nitrogens with one attached hydrogen (secondary N) is 1. The molecule has 0 radical (unpaired) electrons. The van der Waals surface area contributed by atoms with Gasteiger partial charge in [0, 0.05) is 68.3 Å². The molecule has 198 valence electrons. The van der Waals surface area contributed by atoms with Crippen molar-refractivity contribution in [3.63, 3.8) is 0 Å². The van der Waals surface area contributed by atoms with E-state index in [0.29, 0.717) is 40.6 Å². The fourth-order valence-corrected chi connectivity index (χ4v) is 6.04. The number of hydrogen-bond donors (Lipinski definition) is 2. The summed E-state index contributed by atoms with van der Waals surface area (Å²) in [6.45, 7) is 3.53. The third-order valence-electron chi connectivity index (χ3n) is 6.65. The number of methoxy groups -OCH3 is 1. The fourth-order valence-electron chi connectivity index (χ4n) is 4.63. The molecule has 0 spiro atoms. The topological polar surface area (TPSA) is 108 Å². The van der Waals surface area contributed by atoms with Crippen molar-refractivity contribution < 1.29 is 18.3 Å². The lowest BCUT2D eigenvalue weighted by atomic mass is 10.1. The van der Waals surface area contributed by atoms with Gasteiger partial charge in [0.15, 0.2) is 0 Å². The van der Waals surface area contributed by atoms with Gasteiger partial charge >= 0.3 is 0 Å². The lowest BCUT2D eigenvalue weighted by Crippen LogP contribution is -2.47. The van der Waals surface area contributed by atoms with Crippen molar-refractivity contribution in [3.8, 4) is 5.75 Å². The molecular formula is C27H28ClN5O4S. The zero-order valence-electron chi connectivity index (χ0n) is 20.8. The van der Waals surface area contributed by atoms with Gasteiger partial charge in [-0.2, -0.15) is 0 Å². The number of aromatic nitrogens is 2. The van der Waals surface area contributed by atoms with Crippen LogP contribution < -0.4 is 9.46 Å². The van der Waals surface area contributed by atoms with E-state index in [1.165, 1.54) is 13.2 Å². The molecule has 2 N–H and O–H groups in total. The maximum absolute atomic E-state index is 13.2. The van der Waals surface area contributed by atoms with Crippen molar-refractivity contribution in [2.24, 2.45) is 0 Å². The summed E-state index contributed by atoms with van der Waals surface area (Å²) < 4.78 is 34.5. The number of benzene rings is 2. The summed E-state index contributed by atoms with van der Waals surface area (Å²) in [4.78, 5) is 12.6. The summed E-state index contributed by atoms with van der Waals surface area (Å²) in [6, 6.07) is 15.4. The number of aliphatic hydroxyl groups excluding tert-OH is 1.